The van der Waals surface area contributed by atoms with Gasteiger partial charge in [0.1, 0.15) is 14.4 Å². The largest absolute Gasteiger partial charge is 0.400 e. The summed E-state index contributed by atoms with van der Waals surface area (Å²) in [6, 6.07) is 2.32. The van der Waals surface area contributed by atoms with E-state index in [2.05, 4.69) is 82.9 Å². The van der Waals surface area contributed by atoms with E-state index in [1.807, 2.05) is 7.11 Å². The van der Waals surface area contributed by atoms with Crippen molar-refractivity contribution < 1.29 is 17.7 Å². The molecule has 2 rings (SSSR count). The van der Waals surface area contributed by atoms with Crippen LogP contribution in [0.5, 0.6) is 0 Å². The van der Waals surface area contributed by atoms with Crippen LogP contribution in [0.15, 0.2) is 0 Å². The van der Waals surface area contributed by atoms with Crippen LogP contribution in [0.25, 0.3) is 0 Å². The monoisotopic (exact) mass is 570 g/mol. The summed E-state index contributed by atoms with van der Waals surface area (Å²) in [5.41, 5.74) is 0. The maximum absolute atomic E-state index is 6.11. The molecule has 2 aliphatic heterocycles. The SMILES string of the molecule is CO[SiH]1CCCS[Si](C)(C)C(C)(C)CCO1.CO[Si]1(C)CCCS[Si](C)(C)C(C)(C)CCO1. The Morgan fingerprint density at radius 1 is 0.788 bits per heavy atom. The molecule has 2 atom stereocenters. The molecule has 33 heavy (non-hydrogen) atoms. The predicted molar refractivity (Wildman–Crippen MR) is 161 cm³/mol. The van der Waals surface area contributed by atoms with Crippen molar-refractivity contribution in [1.29, 1.82) is 0 Å². The van der Waals surface area contributed by atoms with Gasteiger partial charge in [-0.05, 0) is 65.9 Å². The third-order valence-corrected chi connectivity index (χ3v) is 31.7. The molecule has 10 heteroatoms. The molecule has 0 aromatic rings. The van der Waals surface area contributed by atoms with Crippen molar-refractivity contribution in [3.8, 4) is 0 Å². The lowest BCUT2D eigenvalue weighted by molar-refractivity contribution is 0.194. The molecule has 2 heterocycles. The highest BCUT2D eigenvalue weighted by Gasteiger charge is 2.42. The first kappa shape index (κ1) is 32.4. The average Bonchev–Trinajstić information content (AvgIpc) is 2.72. The molecule has 0 aliphatic carbocycles. The molecule has 0 N–H and O–H groups in total. The van der Waals surface area contributed by atoms with Crippen molar-refractivity contribution in [1.82, 2.24) is 0 Å². The van der Waals surface area contributed by atoms with Crippen molar-refractivity contribution >= 4 is 54.7 Å². The van der Waals surface area contributed by atoms with Crippen LogP contribution < -0.4 is 0 Å². The zero-order valence-corrected chi connectivity index (χ0v) is 29.4. The van der Waals surface area contributed by atoms with E-state index in [-0.39, 0.29) is 0 Å². The van der Waals surface area contributed by atoms with Crippen LogP contribution in [0.1, 0.15) is 53.4 Å². The fourth-order valence-electron chi connectivity index (χ4n) is 3.76. The van der Waals surface area contributed by atoms with E-state index in [1.54, 1.807) is 7.11 Å². The smallest absolute Gasteiger partial charge is 0.334 e. The van der Waals surface area contributed by atoms with Gasteiger partial charge in [-0.15, -0.1) is 0 Å². The average molecular weight is 571 g/mol. The molecule has 2 saturated heterocycles. The minimum Gasteiger partial charge on any atom is -0.400 e. The van der Waals surface area contributed by atoms with Gasteiger partial charge in [-0.25, -0.2) is 0 Å². The molecule has 0 aromatic carbocycles. The van der Waals surface area contributed by atoms with Gasteiger partial charge in [0.05, 0.1) is 0 Å². The van der Waals surface area contributed by atoms with Crippen molar-refractivity contribution in [3.63, 3.8) is 0 Å². The second-order valence-electron chi connectivity index (χ2n) is 12.0. The molecule has 0 spiro atoms. The number of rotatable bonds is 2. The van der Waals surface area contributed by atoms with Crippen LogP contribution in [-0.4, -0.2) is 71.2 Å². The Morgan fingerprint density at radius 3 is 1.82 bits per heavy atom. The standard InChI is InChI=1S/C12H28O2SSi2.C11H26O2SSi2/c1-12(2)8-9-14-17(6,13-3)11-7-10-15-16(12,4)5;1-11(2)7-8-13-15(12-3)10-6-9-14-16(11,4)5/h7-11H2,1-6H3;15H,6-10H2,1-5H3. The van der Waals surface area contributed by atoms with Crippen molar-refractivity contribution in [3.05, 3.63) is 0 Å². The van der Waals surface area contributed by atoms with Crippen LogP contribution in [0, 0.1) is 0 Å². The molecule has 198 valence electrons. The summed E-state index contributed by atoms with van der Waals surface area (Å²) in [7, 11) is -1.94. The van der Waals surface area contributed by atoms with E-state index < -0.39 is 32.3 Å². The van der Waals surface area contributed by atoms with Gasteiger partial charge in [-0.2, -0.15) is 22.4 Å². The molecule has 0 saturated carbocycles. The predicted octanol–water partition coefficient (Wildman–Crippen LogP) is 7.62. The fourth-order valence-corrected chi connectivity index (χ4v) is 18.3. The van der Waals surface area contributed by atoms with Crippen molar-refractivity contribution in [2.24, 2.45) is 0 Å². The Morgan fingerprint density at radius 2 is 1.30 bits per heavy atom. The molecule has 0 radical (unpaired) electrons. The van der Waals surface area contributed by atoms with Crippen molar-refractivity contribution in [2.45, 2.75) is 108 Å². The first-order valence-corrected chi connectivity index (χ1v) is 26.4. The molecule has 2 aliphatic rings. The molecular weight excluding hydrogens is 517 g/mol. The third kappa shape index (κ3) is 10.4. The summed E-state index contributed by atoms with van der Waals surface area (Å²) in [4.78, 5) is 0. The van der Waals surface area contributed by atoms with E-state index in [4.69, 9.17) is 17.7 Å². The van der Waals surface area contributed by atoms with Gasteiger partial charge in [0.2, 0.25) is 0 Å². The number of hydrogen-bond donors (Lipinski definition) is 0. The van der Waals surface area contributed by atoms with Crippen LogP contribution in [-0.2, 0) is 17.7 Å². The Bertz CT molecular complexity index is 579. The lowest BCUT2D eigenvalue weighted by Crippen LogP contribution is -2.42. The van der Waals surface area contributed by atoms with Crippen molar-refractivity contribution in [2.75, 3.05) is 38.9 Å². The first-order valence-electron chi connectivity index (χ1n) is 12.7. The van der Waals surface area contributed by atoms with Gasteiger partial charge >= 0.3 is 17.8 Å². The summed E-state index contributed by atoms with van der Waals surface area (Å²) in [6.07, 6.45) is 4.87. The summed E-state index contributed by atoms with van der Waals surface area (Å²) in [5.74, 6) is 2.57. The van der Waals surface area contributed by atoms with Crippen LogP contribution in [0.4, 0.5) is 0 Å². The molecule has 2 unspecified atom stereocenters. The molecular formula is C23H54O4S2Si4. The lowest BCUT2D eigenvalue weighted by Gasteiger charge is -2.41. The van der Waals surface area contributed by atoms with E-state index in [1.165, 1.54) is 43.2 Å². The van der Waals surface area contributed by atoms with Crippen LogP contribution >= 0.6 is 22.4 Å². The molecule has 0 bridgehead atoms. The van der Waals surface area contributed by atoms with Crippen LogP contribution in [0.2, 0.25) is 54.9 Å². The Hall–Kier alpha value is 1.41. The summed E-state index contributed by atoms with van der Waals surface area (Å²) in [5, 5.41) is 0.903. The van der Waals surface area contributed by atoms with Crippen LogP contribution in [0.3, 0.4) is 0 Å². The maximum atomic E-state index is 6.11. The maximum Gasteiger partial charge on any atom is 0.334 e. The minimum absolute atomic E-state index is 0.443. The molecule has 4 nitrogen and oxygen atoms in total. The van der Waals surface area contributed by atoms with E-state index in [9.17, 15) is 0 Å². The highest BCUT2D eigenvalue weighted by molar-refractivity contribution is 8.29. The van der Waals surface area contributed by atoms with Gasteiger partial charge in [0.25, 0.3) is 0 Å². The molecule has 2 fully saturated rings. The first-order chi connectivity index (χ1) is 15.1. The molecule has 0 amide bonds. The molecule has 0 aromatic heterocycles. The topological polar surface area (TPSA) is 36.9 Å². The fraction of sp³-hybridized carbons (Fsp3) is 1.00. The number of hydrogen-bond acceptors (Lipinski definition) is 6. The summed E-state index contributed by atoms with van der Waals surface area (Å²) >= 11 is 4.49. The second-order valence-corrected chi connectivity index (χ2v) is 35.7. The Kier molecular flexibility index (Phi) is 13.6. The minimum atomic E-state index is -1.85. The van der Waals surface area contributed by atoms with Gasteiger partial charge in [-0.3, -0.25) is 0 Å². The highest BCUT2D eigenvalue weighted by atomic mass is 32.4. The van der Waals surface area contributed by atoms with Gasteiger partial charge in [-0.1, -0.05) is 53.9 Å². The van der Waals surface area contributed by atoms with E-state index in [0.717, 1.165) is 19.3 Å². The Balaban J connectivity index is 0.000000331. The quantitative estimate of drug-likeness (QED) is 0.318. The van der Waals surface area contributed by atoms with Gasteiger partial charge in [0.15, 0.2) is 0 Å². The normalized spacial score (nSPS) is 32.6. The summed E-state index contributed by atoms with van der Waals surface area (Å²) < 4.78 is 23.2. The lowest BCUT2D eigenvalue weighted by atomic mass is 10.1. The third-order valence-electron chi connectivity index (χ3n) is 8.40. The van der Waals surface area contributed by atoms with Gasteiger partial charge in [0, 0.05) is 27.4 Å². The second kappa shape index (κ2) is 13.8. The van der Waals surface area contributed by atoms with E-state index >= 15 is 0 Å². The van der Waals surface area contributed by atoms with Gasteiger partial charge < -0.3 is 17.7 Å². The zero-order chi connectivity index (χ0) is 25.4. The summed E-state index contributed by atoms with van der Waals surface area (Å²) in [6.45, 7) is 23.7. The Labute approximate surface area is 218 Å². The van der Waals surface area contributed by atoms with E-state index in [0.29, 0.717) is 10.1 Å². The zero-order valence-electron chi connectivity index (χ0n) is 23.6. The highest BCUT2D eigenvalue weighted by Crippen LogP contribution is 2.48.